The maximum absolute atomic E-state index is 13.0. The third-order valence-corrected chi connectivity index (χ3v) is 7.15. The topological polar surface area (TPSA) is 68.2 Å². The highest BCUT2D eigenvalue weighted by Gasteiger charge is 2.22. The highest BCUT2D eigenvalue weighted by Crippen LogP contribution is 2.34. The Morgan fingerprint density at radius 1 is 0.844 bits per heavy atom. The number of carbonyl (C=O) groups excluding carboxylic acids is 1. The summed E-state index contributed by atoms with van der Waals surface area (Å²) in [6.07, 6.45) is 0. The largest absolute Gasteiger partial charge is 0.313 e. The molecule has 4 rings (SSSR count). The summed E-state index contributed by atoms with van der Waals surface area (Å²) in [6.45, 7) is 9.26. The Morgan fingerprint density at radius 3 is 1.97 bits per heavy atom. The Hall–Kier alpha value is -3.38. The molecule has 0 atom stereocenters. The van der Waals surface area contributed by atoms with Gasteiger partial charge in [-0.15, -0.1) is 0 Å². The van der Waals surface area contributed by atoms with Crippen molar-refractivity contribution in [1.82, 2.24) is 4.57 Å². The van der Waals surface area contributed by atoms with Crippen molar-refractivity contribution in [3.8, 4) is 5.69 Å². The van der Waals surface area contributed by atoms with Crippen LogP contribution in [0.15, 0.2) is 65.6 Å². The van der Waals surface area contributed by atoms with Gasteiger partial charge in [-0.1, -0.05) is 35.4 Å². The van der Waals surface area contributed by atoms with Crippen molar-refractivity contribution >= 4 is 32.4 Å². The molecule has 3 aromatic carbocycles. The van der Waals surface area contributed by atoms with Crippen LogP contribution >= 0.6 is 0 Å². The summed E-state index contributed by atoms with van der Waals surface area (Å²) in [4.78, 5) is 12.8. The van der Waals surface area contributed by atoms with Crippen LogP contribution in [-0.2, 0) is 10.0 Å². The lowest BCUT2D eigenvalue weighted by Gasteiger charge is -2.13. The van der Waals surface area contributed by atoms with E-state index < -0.39 is 10.0 Å². The van der Waals surface area contributed by atoms with Gasteiger partial charge in [0, 0.05) is 22.3 Å². The summed E-state index contributed by atoms with van der Waals surface area (Å²) in [5.41, 5.74) is 6.62. The number of ketones is 1. The highest BCUT2D eigenvalue weighted by molar-refractivity contribution is 7.92. The van der Waals surface area contributed by atoms with Gasteiger partial charge in [-0.25, -0.2) is 8.42 Å². The van der Waals surface area contributed by atoms with E-state index in [1.807, 2.05) is 58.0 Å². The lowest BCUT2D eigenvalue weighted by molar-refractivity contribution is 0.101. The number of aromatic nitrogens is 1. The van der Waals surface area contributed by atoms with E-state index in [0.717, 1.165) is 39.0 Å². The first-order valence-electron chi connectivity index (χ1n) is 10.4. The Morgan fingerprint density at radius 2 is 1.41 bits per heavy atom. The number of aryl methyl sites for hydroxylation is 3. The van der Waals surface area contributed by atoms with E-state index >= 15 is 0 Å². The van der Waals surface area contributed by atoms with Crippen molar-refractivity contribution in [3.63, 3.8) is 0 Å². The van der Waals surface area contributed by atoms with E-state index in [2.05, 4.69) is 9.29 Å². The number of Topliss-reactive ketones (excluding diaryl/α,β-unsaturated/α-hetero) is 1. The molecule has 0 aliphatic carbocycles. The number of carbonyl (C=O) groups is 1. The molecular formula is C26H26N2O3S. The molecule has 0 saturated heterocycles. The van der Waals surface area contributed by atoms with Crippen molar-refractivity contribution in [2.24, 2.45) is 0 Å². The third-order valence-electron chi connectivity index (χ3n) is 5.77. The second kappa shape index (κ2) is 7.95. The number of benzene rings is 3. The van der Waals surface area contributed by atoms with E-state index in [0.29, 0.717) is 11.3 Å². The molecule has 164 valence electrons. The molecule has 5 nitrogen and oxygen atoms in total. The first kappa shape index (κ1) is 21.8. The summed E-state index contributed by atoms with van der Waals surface area (Å²) in [5, 5.41) is 0.725. The number of anilines is 1. The van der Waals surface area contributed by atoms with Gasteiger partial charge in [0.05, 0.1) is 16.1 Å². The first-order chi connectivity index (χ1) is 15.1. The molecule has 0 saturated carbocycles. The van der Waals surface area contributed by atoms with Gasteiger partial charge in [0.2, 0.25) is 0 Å². The summed E-state index contributed by atoms with van der Waals surface area (Å²) in [5.74, 6) is -0.0606. The smallest absolute Gasteiger partial charge is 0.261 e. The summed E-state index contributed by atoms with van der Waals surface area (Å²) in [7, 11) is -3.76. The first-order valence-corrected chi connectivity index (χ1v) is 11.9. The fourth-order valence-electron chi connectivity index (χ4n) is 4.07. The number of hydrogen-bond acceptors (Lipinski definition) is 3. The minimum absolute atomic E-state index is 0.0606. The molecule has 0 unspecified atom stereocenters. The van der Waals surface area contributed by atoms with Crippen LogP contribution in [0.1, 0.15) is 39.7 Å². The molecule has 0 amide bonds. The molecule has 0 aliphatic rings. The molecule has 0 radical (unpaired) electrons. The van der Waals surface area contributed by atoms with Crippen LogP contribution in [0.3, 0.4) is 0 Å². The van der Waals surface area contributed by atoms with E-state index in [9.17, 15) is 13.2 Å². The van der Waals surface area contributed by atoms with Gasteiger partial charge in [0.25, 0.3) is 10.0 Å². The second-order valence-corrected chi connectivity index (χ2v) is 9.97. The zero-order chi connectivity index (χ0) is 23.2. The van der Waals surface area contributed by atoms with Crippen molar-refractivity contribution in [1.29, 1.82) is 0 Å². The second-order valence-electron chi connectivity index (χ2n) is 8.29. The number of fused-ring (bicyclic) bond motifs is 1. The Kier molecular flexibility index (Phi) is 5.42. The van der Waals surface area contributed by atoms with Gasteiger partial charge < -0.3 is 4.57 Å². The fraction of sp³-hybridized carbons (Fsp3) is 0.192. The Labute approximate surface area is 188 Å². The van der Waals surface area contributed by atoms with E-state index in [-0.39, 0.29) is 10.7 Å². The zero-order valence-corrected chi connectivity index (χ0v) is 19.7. The molecule has 0 aliphatic heterocycles. The predicted octanol–water partition coefficient (Wildman–Crippen LogP) is 5.87. The lowest BCUT2D eigenvalue weighted by atomic mass is 10.1. The normalized spacial score (nSPS) is 11.7. The van der Waals surface area contributed by atoms with Crippen molar-refractivity contribution in [3.05, 3.63) is 88.6 Å². The number of nitrogens with zero attached hydrogens (tertiary/aromatic N) is 1. The van der Waals surface area contributed by atoms with Crippen molar-refractivity contribution in [2.45, 2.75) is 39.5 Å². The van der Waals surface area contributed by atoms with Gasteiger partial charge in [-0.3, -0.25) is 9.52 Å². The minimum Gasteiger partial charge on any atom is -0.313 e. The molecule has 1 N–H and O–H groups in total. The molecule has 0 spiro atoms. The van der Waals surface area contributed by atoms with Gasteiger partial charge >= 0.3 is 0 Å². The van der Waals surface area contributed by atoms with Crippen LogP contribution < -0.4 is 4.72 Å². The highest BCUT2D eigenvalue weighted by atomic mass is 32.2. The minimum atomic E-state index is -3.76. The third kappa shape index (κ3) is 3.82. The fourth-order valence-corrected chi connectivity index (χ4v) is 5.19. The van der Waals surface area contributed by atoms with Gasteiger partial charge in [0.1, 0.15) is 0 Å². The van der Waals surface area contributed by atoms with Crippen LogP contribution in [0.2, 0.25) is 0 Å². The maximum atomic E-state index is 13.0. The quantitative estimate of drug-likeness (QED) is 0.390. The average Bonchev–Trinajstić information content (AvgIpc) is 3.00. The van der Waals surface area contributed by atoms with Gasteiger partial charge in [0.15, 0.2) is 5.78 Å². The van der Waals surface area contributed by atoms with Crippen LogP contribution in [0.4, 0.5) is 5.69 Å². The molecule has 32 heavy (non-hydrogen) atoms. The van der Waals surface area contributed by atoms with Gasteiger partial charge in [-0.2, -0.15) is 0 Å². The molecular weight excluding hydrogens is 420 g/mol. The maximum Gasteiger partial charge on any atom is 0.261 e. The molecule has 6 heteroatoms. The number of hydrogen-bond donors (Lipinski definition) is 1. The molecule has 0 bridgehead atoms. The van der Waals surface area contributed by atoms with Crippen LogP contribution in [0, 0.1) is 27.7 Å². The monoisotopic (exact) mass is 446 g/mol. The number of sulfonamides is 1. The zero-order valence-electron chi connectivity index (χ0n) is 18.9. The predicted molar refractivity (Wildman–Crippen MR) is 129 cm³/mol. The Balaban J connectivity index is 1.89. The number of rotatable bonds is 5. The molecule has 1 heterocycles. The van der Waals surface area contributed by atoms with E-state index in [1.54, 1.807) is 30.3 Å². The average molecular weight is 447 g/mol. The summed E-state index contributed by atoms with van der Waals surface area (Å²) >= 11 is 0. The van der Waals surface area contributed by atoms with Crippen LogP contribution in [0.5, 0.6) is 0 Å². The summed E-state index contributed by atoms with van der Waals surface area (Å²) in [6, 6.07) is 18.5. The lowest BCUT2D eigenvalue weighted by Crippen LogP contribution is -2.13. The van der Waals surface area contributed by atoms with E-state index in [1.165, 1.54) is 6.92 Å². The van der Waals surface area contributed by atoms with Crippen LogP contribution in [-0.4, -0.2) is 18.8 Å². The van der Waals surface area contributed by atoms with Gasteiger partial charge in [-0.05, 0) is 76.6 Å². The number of nitrogens with one attached hydrogen (secondary N) is 1. The molecule has 1 aromatic heterocycles. The summed E-state index contributed by atoms with van der Waals surface area (Å²) < 4.78 is 30.7. The van der Waals surface area contributed by atoms with E-state index in [4.69, 9.17) is 0 Å². The molecule has 4 aromatic rings. The standard InChI is InChI=1S/C26H26N2O3S/c1-16-6-10-21(11-7-16)28-19(4)26(20(5)29)23-15-24(18(3)14-25(23)28)27-32(30,31)22-12-8-17(2)9-13-22/h6-15,27H,1-5H3. The van der Waals surface area contributed by atoms with Crippen LogP contribution in [0.25, 0.3) is 16.6 Å². The molecule has 0 fully saturated rings. The SMILES string of the molecule is CC(=O)c1c(C)n(-c2ccc(C)cc2)c2cc(C)c(NS(=O)(=O)c3ccc(C)cc3)cc12. The Bertz CT molecular complexity index is 1450. The van der Waals surface area contributed by atoms with Crippen molar-refractivity contribution in [2.75, 3.05) is 4.72 Å². The van der Waals surface area contributed by atoms with Crippen molar-refractivity contribution < 1.29 is 13.2 Å².